The molecule has 34 heavy (non-hydrogen) atoms. The molecule has 0 amide bonds. The van der Waals surface area contributed by atoms with Gasteiger partial charge in [-0.15, -0.1) is 0 Å². The van der Waals surface area contributed by atoms with Crippen molar-refractivity contribution < 1.29 is 13.5 Å². The van der Waals surface area contributed by atoms with Crippen LogP contribution in [0, 0.1) is 11.2 Å². The van der Waals surface area contributed by atoms with Gasteiger partial charge in [-0.2, -0.15) is 9.97 Å². The van der Waals surface area contributed by atoms with Gasteiger partial charge in [0, 0.05) is 43.3 Å². The molecule has 186 valence electrons. The summed E-state index contributed by atoms with van der Waals surface area (Å²) in [6.07, 6.45) is 7.91. The average Bonchev–Trinajstić information content (AvgIpc) is 3.16. The molecule has 2 aromatic rings. The molecule has 7 nitrogen and oxygen atoms in total. The lowest BCUT2D eigenvalue weighted by Gasteiger charge is -2.47. The largest absolute Gasteiger partial charge is 0.463 e. The van der Waals surface area contributed by atoms with Gasteiger partial charge in [-0.3, -0.25) is 4.90 Å². The molecule has 3 heterocycles. The van der Waals surface area contributed by atoms with Crippen molar-refractivity contribution in [2.45, 2.75) is 56.7 Å². The van der Waals surface area contributed by atoms with Crippen LogP contribution >= 0.6 is 11.6 Å². The Morgan fingerprint density at radius 3 is 2.59 bits per heavy atom. The molecule has 0 unspecified atom stereocenters. The monoisotopic (exact) mass is 494 g/mol. The minimum atomic E-state index is -0.738. The Bertz CT molecular complexity index is 1050. The Morgan fingerprint density at radius 1 is 1.24 bits per heavy atom. The SMILES string of the molecule is CN(C)C1(CNc2nc(OCC3(CN4CC[C@@H](F)C4)CCC3)nc3c(F)c(Cl)ncc23)CCC1. The summed E-state index contributed by atoms with van der Waals surface area (Å²) < 4.78 is 34.6. The van der Waals surface area contributed by atoms with Crippen LogP contribution in [0.5, 0.6) is 6.01 Å². The van der Waals surface area contributed by atoms with E-state index in [4.69, 9.17) is 16.3 Å². The highest BCUT2D eigenvalue weighted by Crippen LogP contribution is 2.43. The van der Waals surface area contributed by atoms with E-state index in [9.17, 15) is 8.78 Å². The molecule has 1 saturated heterocycles. The van der Waals surface area contributed by atoms with Gasteiger partial charge in [-0.05, 0) is 52.6 Å². The van der Waals surface area contributed by atoms with Gasteiger partial charge in [0.25, 0.3) is 0 Å². The molecule has 2 saturated carbocycles. The number of rotatable bonds is 9. The van der Waals surface area contributed by atoms with Crippen LogP contribution in [-0.2, 0) is 0 Å². The molecule has 3 fully saturated rings. The topological polar surface area (TPSA) is 66.4 Å². The van der Waals surface area contributed by atoms with E-state index >= 15 is 0 Å². The van der Waals surface area contributed by atoms with E-state index in [1.165, 1.54) is 12.6 Å². The lowest BCUT2D eigenvalue weighted by Crippen LogP contribution is -2.54. The lowest BCUT2D eigenvalue weighted by atomic mass is 9.69. The number of fused-ring (bicyclic) bond motifs is 1. The Labute approximate surface area is 204 Å². The first-order valence-corrected chi connectivity index (χ1v) is 12.6. The molecule has 10 heteroatoms. The van der Waals surface area contributed by atoms with Crippen LogP contribution in [0.4, 0.5) is 14.6 Å². The number of halogens is 3. The number of ether oxygens (including phenoxy) is 1. The smallest absolute Gasteiger partial charge is 0.319 e. The quantitative estimate of drug-likeness (QED) is 0.521. The lowest BCUT2D eigenvalue weighted by molar-refractivity contribution is 0.0196. The van der Waals surface area contributed by atoms with Crippen molar-refractivity contribution in [1.29, 1.82) is 0 Å². The number of pyridine rings is 1. The highest BCUT2D eigenvalue weighted by Gasteiger charge is 2.41. The summed E-state index contributed by atoms with van der Waals surface area (Å²) in [5.41, 5.74) is 0.115. The third kappa shape index (κ3) is 4.54. The molecule has 0 radical (unpaired) electrons. The van der Waals surface area contributed by atoms with Gasteiger partial charge in [0.05, 0.1) is 12.0 Å². The summed E-state index contributed by atoms with van der Waals surface area (Å²) in [6, 6.07) is 0.125. The molecule has 0 spiro atoms. The maximum Gasteiger partial charge on any atom is 0.319 e. The van der Waals surface area contributed by atoms with E-state index in [2.05, 4.69) is 44.2 Å². The fourth-order valence-corrected chi connectivity index (χ4v) is 5.61. The number of nitrogens with one attached hydrogen (secondary N) is 1. The zero-order valence-corrected chi connectivity index (χ0v) is 20.7. The predicted octanol–water partition coefficient (Wildman–Crippen LogP) is 4.31. The highest BCUT2D eigenvalue weighted by atomic mass is 35.5. The first kappa shape index (κ1) is 23.9. The molecule has 1 atom stereocenters. The van der Waals surface area contributed by atoms with Crippen molar-refractivity contribution in [2.75, 3.05) is 52.2 Å². The fraction of sp³-hybridized carbons (Fsp3) is 0.708. The second-order valence-electron chi connectivity index (χ2n) is 10.6. The van der Waals surface area contributed by atoms with Gasteiger partial charge in [-0.25, -0.2) is 13.8 Å². The summed E-state index contributed by atoms with van der Waals surface area (Å²) in [5.74, 6) is -0.177. The van der Waals surface area contributed by atoms with Crippen LogP contribution in [0.15, 0.2) is 6.20 Å². The van der Waals surface area contributed by atoms with Gasteiger partial charge in [-0.1, -0.05) is 18.0 Å². The highest BCUT2D eigenvalue weighted by molar-refractivity contribution is 6.30. The molecule has 0 bridgehead atoms. The maximum absolute atomic E-state index is 14.9. The van der Waals surface area contributed by atoms with Crippen LogP contribution in [-0.4, -0.2) is 83.3 Å². The number of anilines is 1. The van der Waals surface area contributed by atoms with E-state index in [1.54, 1.807) is 0 Å². The number of alkyl halides is 1. The third-order valence-electron chi connectivity index (χ3n) is 8.13. The molecule has 5 rings (SSSR count). The van der Waals surface area contributed by atoms with Crippen LogP contribution < -0.4 is 10.1 Å². The van der Waals surface area contributed by atoms with E-state index in [0.717, 1.165) is 45.2 Å². The van der Waals surface area contributed by atoms with Gasteiger partial charge in [0.2, 0.25) is 0 Å². The maximum atomic E-state index is 14.9. The predicted molar refractivity (Wildman–Crippen MR) is 129 cm³/mol. The summed E-state index contributed by atoms with van der Waals surface area (Å²) in [7, 11) is 4.16. The van der Waals surface area contributed by atoms with Gasteiger partial charge in [0.15, 0.2) is 11.0 Å². The molecule has 2 aromatic heterocycles. The standard InChI is InChI=1S/C24H33ClF2N6O/c1-32(2)24(8-4-9-24)13-29-21-17-11-28-20(25)18(27)19(17)30-22(31-21)34-15-23(6-3-7-23)14-33-10-5-16(26)12-33/h11,16H,3-10,12-15H2,1-2H3,(H,29,30,31)/t16-/m1/s1. The molecule has 1 aliphatic heterocycles. The van der Waals surface area contributed by atoms with Crippen molar-refractivity contribution >= 4 is 28.3 Å². The second kappa shape index (κ2) is 9.32. The van der Waals surface area contributed by atoms with Crippen LogP contribution in [0.2, 0.25) is 5.15 Å². The summed E-state index contributed by atoms with van der Waals surface area (Å²) in [6.45, 7) is 3.19. The first-order chi connectivity index (χ1) is 16.3. The Hall–Kier alpha value is -1.84. The van der Waals surface area contributed by atoms with Gasteiger partial charge < -0.3 is 15.0 Å². The number of likely N-dealkylation sites (tertiary alicyclic amines) is 1. The van der Waals surface area contributed by atoms with E-state index in [0.29, 0.717) is 37.3 Å². The third-order valence-corrected chi connectivity index (χ3v) is 8.40. The number of likely N-dealkylation sites (N-methyl/N-ethyl adjacent to an activating group) is 1. The van der Waals surface area contributed by atoms with E-state index < -0.39 is 12.0 Å². The minimum Gasteiger partial charge on any atom is -0.463 e. The molecule has 0 aromatic carbocycles. The summed E-state index contributed by atoms with van der Waals surface area (Å²) in [4.78, 5) is 17.4. The van der Waals surface area contributed by atoms with E-state index in [1.807, 2.05) is 0 Å². The van der Waals surface area contributed by atoms with Gasteiger partial charge >= 0.3 is 6.01 Å². The molecular formula is C24H33ClF2N6O. The zero-order chi connectivity index (χ0) is 23.9. The number of hydrogen-bond acceptors (Lipinski definition) is 7. The number of hydrogen-bond donors (Lipinski definition) is 1. The Kier molecular flexibility index (Phi) is 6.54. The van der Waals surface area contributed by atoms with Crippen molar-refractivity contribution in [3.63, 3.8) is 0 Å². The number of nitrogens with zero attached hydrogens (tertiary/aromatic N) is 5. The zero-order valence-electron chi connectivity index (χ0n) is 19.9. The summed E-state index contributed by atoms with van der Waals surface area (Å²) in [5, 5.41) is 3.67. The van der Waals surface area contributed by atoms with Crippen LogP contribution in [0.3, 0.4) is 0 Å². The van der Waals surface area contributed by atoms with Crippen molar-refractivity contribution in [3.05, 3.63) is 17.2 Å². The van der Waals surface area contributed by atoms with E-state index in [-0.39, 0.29) is 27.6 Å². The van der Waals surface area contributed by atoms with Crippen molar-refractivity contribution in [1.82, 2.24) is 24.8 Å². The van der Waals surface area contributed by atoms with Crippen molar-refractivity contribution in [2.24, 2.45) is 5.41 Å². The van der Waals surface area contributed by atoms with Crippen LogP contribution in [0.25, 0.3) is 10.9 Å². The van der Waals surface area contributed by atoms with Crippen LogP contribution in [0.1, 0.15) is 44.9 Å². The normalized spacial score (nSPS) is 23.6. The molecule has 1 N–H and O–H groups in total. The Morgan fingerprint density at radius 2 is 2.00 bits per heavy atom. The molecule has 2 aliphatic carbocycles. The first-order valence-electron chi connectivity index (χ1n) is 12.2. The Balaban J connectivity index is 1.37. The van der Waals surface area contributed by atoms with Gasteiger partial charge in [0.1, 0.15) is 17.5 Å². The molecule has 3 aliphatic rings. The average molecular weight is 495 g/mol. The molecular weight excluding hydrogens is 462 g/mol. The number of aromatic nitrogens is 3. The fourth-order valence-electron chi connectivity index (χ4n) is 5.47. The second-order valence-corrected chi connectivity index (χ2v) is 10.9. The minimum absolute atomic E-state index is 0.0364. The van der Waals surface area contributed by atoms with Crippen molar-refractivity contribution in [3.8, 4) is 6.01 Å². The summed E-state index contributed by atoms with van der Waals surface area (Å²) >= 11 is 5.95.